The van der Waals surface area contributed by atoms with Crippen LogP contribution in [-0.2, 0) is 9.53 Å². The highest BCUT2D eigenvalue weighted by Gasteiger charge is 2.30. The van der Waals surface area contributed by atoms with Crippen molar-refractivity contribution < 1.29 is 13.9 Å². The number of imidazole rings is 1. The van der Waals surface area contributed by atoms with Gasteiger partial charge >= 0.3 is 0 Å². The monoisotopic (exact) mass is 436 g/mol. The molecule has 1 N–H and O–H groups in total. The van der Waals surface area contributed by atoms with Gasteiger partial charge in [-0.1, -0.05) is 0 Å². The van der Waals surface area contributed by atoms with Gasteiger partial charge in [-0.3, -0.25) is 9.36 Å². The van der Waals surface area contributed by atoms with Crippen LogP contribution < -0.4 is 10.2 Å². The van der Waals surface area contributed by atoms with Crippen LogP contribution >= 0.6 is 0 Å². The largest absolute Gasteiger partial charge is 0.379 e. The van der Waals surface area contributed by atoms with Crippen LogP contribution in [0.3, 0.4) is 0 Å². The first-order valence-electron chi connectivity index (χ1n) is 11.4. The fourth-order valence-electron chi connectivity index (χ4n) is 4.69. The number of hydrogen-bond donors (Lipinski definition) is 1. The first kappa shape index (κ1) is 20.9. The van der Waals surface area contributed by atoms with Crippen LogP contribution in [0.2, 0.25) is 0 Å². The lowest BCUT2D eigenvalue weighted by Gasteiger charge is -2.32. The van der Waals surface area contributed by atoms with E-state index < -0.39 is 0 Å². The lowest BCUT2D eigenvalue weighted by atomic mass is 9.95. The second-order valence-electron chi connectivity index (χ2n) is 8.98. The summed E-state index contributed by atoms with van der Waals surface area (Å²) in [6, 6.07) is 10.9. The van der Waals surface area contributed by atoms with Gasteiger partial charge in [0.1, 0.15) is 5.82 Å². The number of ether oxygens (including phenoxy) is 1. The van der Waals surface area contributed by atoms with Crippen LogP contribution in [0.4, 0.5) is 10.3 Å². The van der Waals surface area contributed by atoms with Crippen LogP contribution in [0.5, 0.6) is 0 Å². The Balaban J connectivity index is 1.42. The Labute approximate surface area is 187 Å². The van der Waals surface area contributed by atoms with Gasteiger partial charge in [0.2, 0.25) is 11.9 Å². The molecule has 3 heterocycles. The average molecular weight is 437 g/mol. The Bertz CT molecular complexity index is 1130. The van der Waals surface area contributed by atoms with Crippen LogP contribution in [0, 0.1) is 25.6 Å². The van der Waals surface area contributed by atoms with E-state index >= 15 is 0 Å². The molecule has 0 aliphatic carbocycles. The normalized spacial score (nSPS) is 19.6. The van der Waals surface area contributed by atoms with Crippen LogP contribution in [0.1, 0.15) is 30.4 Å². The number of anilines is 1. The fourth-order valence-corrected chi connectivity index (χ4v) is 4.69. The molecule has 0 saturated carbocycles. The van der Waals surface area contributed by atoms with Crippen LogP contribution in [0.15, 0.2) is 36.4 Å². The third-order valence-corrected chi connectivity index (χ3v) is 6.76. The number of hydrogen-bond acceptors (Lipinski definition) is 4. The molecular weight excluding hydrogens is 407 g/mol. The Morgan fingerprint density at radius 3 is 2.50 bits per heavy atom. The van der Waals surface area contributed by atoms with Gasteiger partial charge in [-0.15, -0.1) is 0 Å². The molecule has 1 unspecified atom stereocenters. The summed E-state index contributed by atoms with van der Waals surface area (Å²) in [5.74, 6) is 0.740. The zero-order valence-electron chi connectivity index (χ0n) is 18.6. The summed E-state index contributed by atoms with van der Waals surface area (Å²) in [7, 11) is 0. The van der Waals surface area contributed by atoms with Crippen molar-refractivity contribution in [1.29, 1.82) is 0 Å². The van der Waals surface area contributed by atoms with E-state index in [4.69, 9.17) is 9.72 Å². The first-order valence-corrected chi connectivity index (χ1v) is 11.4. The molecule has 0 bridgehead atoms. The zero-order chi connectivity index (χ0) is 22.2. The second-order valence-corrected chi connectivity index (χ2v) is 8.98. The number of rotatable bonds is 4. The van der Waals surface area contributed by atoms with Crippen molar-refractivity contribution in [1.82, 2.24) is 14.9 Å². The smallest absolute Gasteiger partial charge is 0.223 e. The maximum atomic E-state index is 13.6. The fraction of sp³-hybridized carbons (Fsp3) is 0.440. The number of carbonyl (C=O) groups excluding carboxylic acids is 1. The van der Waals surface area contributed by atoms with E-state index in [0.29, 0.717) is 6.61 Å². The van der Waals surface area contributed by atoms with E-state index in [1.807, 2.05) is 0 Å². The summed E-state index contributed by atoms with van der Waals surface area (Å²) < 4.78 is 21.1. The Kier molecular flexibility index (Phi) is 5.59. The molecule has 1 atom stereocenters. The third kappa shape index (κ3) is 3.97. The number of halogens is 1. The number of aryl methyl sites for hydroxylation is 2. The van der Waals surface area contributed by atoms with Gasteiger partial charge in [-0.05, 0) is 80.6 Å². The number of piperidine rings is 1. The van der Waals surface area contributed by atoms with Crippen molar-refractivity contribution in [2.24, 2.45) is 5.92 Å². The molecule has 7 heteroatoms. The second kappa shape index (κ2) is 8.54. The number of benzene rings is 2. The summed E-state index contributed by atoms with van der Waals surface area (Å²) in [6.07, 6.45) is 2.46. The molecule has 32 heavy (non-hydrogen) atoms. The molecule has 2 fully saturated rings. The molecule has 0 radical (unpaired) electrons. The highest BCUT2D eigenvalue weighted by Crippen LogP contribution is 2.31. The zero-order valence-corrected chi connectivity index (χ0v) is 18.6. The number of aromatic nitrogens is 2. The van der Waals surface area contributed by atoms with Gasteiger partial charge < -0.3 is 15.0 Å². The van der Waals surface area contributed by atoms with Gasteiger partial charge in [0.05, 0.1) is 23.7 Å². The van der Waals surface area contributed by atoms with E-state index in [1.165, 1.54) is 23.3 Å². The van der Waals surface area contributed by atoms with Crippen molar-refractivity contribution in [3.63, 3.8) is 0 Å². The highest BCUT2D eigenvalue weighted by atomic mass is 19.1. The minimum absolute atomic E-state index is 0.0139. The van der Waals surface area contributed by atoms with E-state index in [2.05, 4.69) is 40.8 Å². The predicted molar refractivity (Wildman–Crippen MR) is 123 cm³/mol. The molecule has 1 amide bonds. The Morgan fingerprint density at radius 2 is 1.81 bits per heavy atom. The van der Waals surface area contributed by atoms with Crippen molar-refractivity contribution in [3.8, 4) is 5.69 Å². The van der Waals surface area contributed by atoms with Gasteiger partial charge in [0.15, 0.2) is 0 Å². The molecule has 2 saturated heterocycles. The third-order valence-electron chi connectivity index (χ3n) is 6.76. The van der Waals surface area contributed by atoms with Crippen molar-refractivity contribution in [2.75, 3.05) is 31.2 Å². The minimum atomic E-state index is -0.258. The van der Waals surface area contributed by atoms with Crippen LogP contribution in [-0.4, -0.2) is 47.8 Å². The highest BCUT2D eigenvalue weighted by molar-refractivity contribution is 5.83. The number of carbonyl (C=O) groups is 1. The van der Waals surface area contributed by atoms with Gasteiger partial charge in [-0.2, -0.15) is 0 Å². The number of nitrogens with one attached hydrogen (secondary N) is 1. The van der Waals surface area contributed by atoms with Gasteiger partial charge in [0.25, 0.3) is 0 Å². The predicted octanol–water partition coefficient (Wildman–Crippen LogP) is 3.90. The number of amides is 1. The number of fused-ring (bicyclic) bond motifs is 1. The summed E-state index contributed by atoms with van der Waals surface area (Å²) in [4.78, 5) is 19.9. The van der Waals surface area contributed by atoms with Crippen molar-refractivity contribution in [2.45, 2.75) is 39.2 Å². The Morgan fingerprint density at radius 1 is 1.09 bits per heavy atom. The lowest BCUT2D eigenvalue weighted by molar-refractivity contribution is -0.126. The quantitative estimate of drug-likeness (QED) is 0.674. The standard InChI is InChI=1S/C25H29FN4O2/c1-16-13-22-23(14-17(16)2)30(21-5-3-19(26)4-6-21)25(28-22)29-10-7-18(8-11-29)24(31)27-20-9-12-32-15-20/h3-6,13-14,18,20H,7-12,15H2,1-2H3,(H,27,31). The summed E-state index contributed by atoms with van der Waals surface area (Å²) in [5.41, 5.74) is 5.20. The molecule has 2 aliphatic rings. The summed E-state index contributed by atoms with van der Waals surface area (Å²) >= 11 is 0. The molecule has 168 valence electrons. The molecule has 3 aromatic rings. The Hall–Kier alpha value is -2.93. The van der Waals surface area contributed by atoms with Gasteiger partial charge in [0, 0.05) is 31.3 Å². The lowest BCUT2D eigenvalue weighted by Crippen LogP contribution is -2.44. The molecule has 6 nitrogen and oxygen atoms in total. The first-order chi connectivity index (χ1) is 15.5. The summed E-state index contributed by atoms with van der Waals surface area (Å²) in [6.45, 7) is 7.03. The molecule has 0 spiro atoms. The molecule has 1 aromatic heterocycles. The molecule has 2 aromatic carbocycles. The van der Waals surface area contributed by atoms with Crippen molar-refractivity contribution >= 4 is 22.9 Å². The molecule has 5 rings (SSSR count). The maximum Gasteiger partial charge on any atom is 0.223 e. The average Bonchev–Trinajstić information content (AvgIpc) is 3.43. The van der Waals surface area contributed by atoms with E-state index in [1.54, 1.807) is 12.1 Å². The summed E-state index contributed by atoms with van der Waals surface area (Å²) in [5, 5.41) is 3.14. The van der Waals surface area contributed by atoms with Gasteiger partial charge in [-0.25, -0.2) is 9.37 Å². The van der Waals surface area contributed by atoms with E-state index in [0.717, 1.165) is 61.6 Å². The molecular formula is C25H29FN4O2. The van der Waals surface area contributed by atoms with Crippen LogP contribution in [0.25, 0.3) is 16.7 Å². The molecule has 2 aliphatic heterocycles. The SMILES string of the molecule is Cc1cc2nc(N3CCC(C(=O)NC4CCOC4)CC3)n(-c3ccc(F)cc3)c2cc1C. The maximum absolute atomic E-state index is 13.6. The van der Waals surface area contributed by atoms with Crippen molar-refractivity contribution in [3.05, 3.63) is 53.3 Å². The minimum Gasteiger partial charge on any atom is -0.379 e. The van der Waals surface area contributed by atoms with E-state index in [9.17, 15) is 9.18 Å². The number of nitrogens with zero attached hydrogens (tertiary/aromatic N) is 3. The topological polar surface area (TPSA) is 59.4 Å². The van der Waals surface area contributed by atoms with E-state index in [-0.39, 0.29) is 23.7 Å².